The number of hydrogen-bond donors (Lipinski definition) is 0. The lowest BCUT2D eigenvalue weighted by atomic mass is 9.61. The molecule has 3 heteroatoms. The van der Waals surface area contributed by atoms with E-state index >= 15 is 0 Å². The third-order valence-corrected chi connectivity index (χ3v) is 21.0. The van der Waals surface area contributed by atoms with Crippen molar-refractivity contribution in [1.29, 1.82) is 0 Å². The monoisotopic (exact) mass is 800 g/mol. The van der Waals surface area contributed by atoms with Crippen LogP contribution < -0.4 is 0 Å². The molecule has 0 amide bonds. The zero-order valence-electron chi connectivity index (χ0n) is 40.9. The second kappa shape index (κ2) is 18.4. The molecule has 0 N–H and O–H groups in total. The van der Waals surface area contributed by atoms with E-state index in [4.69, 9.17) is 0 Å². The van der Waals surface area contributed by atoms with Crippen LogP contribution in [0.2, 0.25) is 18.6 Å². The second-order valence-corrected chi connectivity index (χ2v) is 28.4. The minimum absolute atomic E-state index is 0.119. The van der Waals surface area contributed by atoms with Crippen LogP contribution >= 0.6 is 0 Å². The summed E-state index contributed by atoms with van der Waals surface area (Å²) in [5, 5.41) is 0. The van der Waals surface area contributed by atoms with Crippen molar-refractivity contribution >= 4 is 13.8 Å². The van der Waals surface area contributed by atoms with E-state index < -0.39 is 8.24 Å². The Bertz CT molecular complexity index is 1510. The van der Waals surface area contributed by atoms with Crippen molar-refractivity contribution in [2.24, 2.45) is 17.8 Å². The molecular weight excluding hydrogens is 705 g/mol. The average Bonchev–Trinajstić information content (AvgIpc) is 3.57. The fourth-order valence-corrected chi connectivity index (χ4v) is 20.4. The van der Waals surface area contributed by atoms with E-state index in [1.54, 1.807) is 33.4 Å². The van der Waals surface area contributed by atoms with E-state index in [1.807, 2.05) is 0 Å². The first kappa shape index (κ1) is 46.9. The number of rotatable bonds is 21. The van der Waals surface area contributed by atoms with Gasteiger partial charge in [-0.25, -0.2) is 0 Å². The standard InChI is InChI=1S/C54H95N2Si/c1-16-18-20-22-24-26-28-30-32-54(33-31-29-27-25-23-21-19-17-2)46-38-43-42(36-41(3)50(43)57(14,15)55(51(4,5)6)56(11,12)13)37-44(46)45-39-48-49(40-47(45)54)53(9,10)35-34-52(48,7)8/h37-43,50H,16-36H2,1-15H3/q+1. The topological polar surface area (TPSA) is 3.24 Å². The summed E-state index contributed by atoms with van der Waals surface area (Å²) >= 11 is 0. The van der Waals surface area contributed by atoms with Gasteiger partial charge in [-0.05, 0) is 120 Å². The third kappa shape index (κ3) is 9.98. The molecule has 4 atom stereocenters. The van der Waals surface area contributed by atoms with Crippen molar-refractivity contribution in [2.45, 2.75) is 244 Å². The number of fused-ring (bicyclic) bond motifs is 5. The summed E-state index contributed by atoms with van der Waals surface area (Å²) < 4.78 is 3.90. The Kier molecular flexibility index (Phi) is 15.2. The number of quaternary nitrogens is 1. The van der Waals surface area contributed by atoms with Crippen LogP contribution in [0.4, 0.5) is 0 Å². The molecule has 4 unspecified atom stereocenters. The van der Waals surface area contributed by atoms with Crippen LogP contribution in [0, 0.1) is 17.8 Å². The molecule has 324 valence electrons. The van der Waals surface area contributed by atoms with E-state index in [0.29, 0.717) is 11.8 Å². The van der Waals surface area contributed by atoms with Gasteiger partial charge in [-0.3, -0.25) is 4.59 Å². The summed E-state index contributed by atoms with van der Waals surface area (Å²) in [5.41, 5.74) is 11.7. The third-order valence-electron chi connectivity index (χ3n) is 16.0. The van der Waals surface area contributed by atoms with Crippen LogP contribution in [0.5, 0.6) is 0 Å². The quantitative estimate of drug-likeness (QED) is 0.0518. The molecule has 0 bridgehead atoms. The average molecular weight is 800 g/mol. The SMILES string of the molecule is CCCCCCCCCCC1(CCCCCCCCCC)C2=CC3C(C=C2c2cc4c(cc21)C(C)(C)CCC4(C)C)CC(C)C3[Si](C)(C)N(C(C)(C)C)[N+](C)(C)C. The Balaban J connectivity index is 1.61. The van der Waals surface area contributed by atoms with Gasteiger partial charge in [0.1, 0.15) is 0 Å². The summed E-state index contributed by atoms with van der Waals surface area (Å²) in [5.74, 6) is 2.04. The normalized spacial score (nSPS) is 24.8. The first-order chi connectivity index (χ1) is 26.6. The molecule has 1 saturated carbocycles. The number of benzene rings is 1. The van der Waals surface area contributed by atoms with Crippen molar-refractivity contribution < 1.29 is 4.59 Å². The highest BCUT2D eigenvalue weighted by molar-refractivity contribution is 6.76. The fourth-order valence-electron chi connectivity index (χ4n) is 14.0. The lowest BCUT2D eigenvalue weighted by Crippen LogP contribution is -2.72. The zero-order valence-corrected chi connectivity index (χ0v) is 41.9. The zero-order chi connectivity index (χ0) is 42.0. The maximum absolute atomic E-state index is 3.02. The Labute approximate surface area is 357 Å². The molecule has 57 heavy (non-hydrogen) atoms. The summed E-state index contributed by atoms with van der Waals surface area (Å²) in [6.07, 6.45) is 34.9. The largest absolute Gasteiger partial charge is 0.257 e. The van der Waals surface area contributed by atoms with Crippen LogP contribution in [0.25, 0.3) is 5.57 Å². The molecule has 0 spiro atoms. The molecule has 0 aromatic heterocycles. The molecule has 1 aromatic carbocycles. The Morgan fingerprint density at radius 1 is 0.667 bits per heavy atom. The van der Waals surface area contributed by atoms with E-state index in [9.17, 15) is 0 Å². The van der Waals surface area contributed by atoms with Crippen LogP contribution in [0.3, 0.4) is 0 Å². The number of allylic oxidation sites excluding steroid dienone is 4. The Hall–Kier alpha value is -1.16. The minimum atomic E-state index is -1.94. The van der Waals surface area contributed by atoms with Gasteiger partial charge in [0, 0.05) is 5.41 Å². The molecule has 0 saturated heterocycles. The highest BCUT2D eigenvalue weighted by atomic mass is 28.3. The molecule has 0 aliphatic heterocycles. The van der Waals surface area contributed by atoms with E-state index in [1.165, 1.54) is 135 Å². The lowest BCUT2D eigenvalue weighted by Gasteiger charge is -2.55. The highest BCUT2D eigenvalue weighted by Crippen LogP contribution is 2.64. The van der Waals surface area contributed by atoms with Crippen LogP contribution in [0.1, 0.15) is 226 Å². The van der Waals surface area contributed by atoms with Gasteiger partial charge in [-0.1, -0.05) is 189 Å². The summed E-state index contributed by atoms with van der Waals surface area (Å²) in [4.78, 5) is 0. The van der Waals surface area contributed by atoms with Crippen molar-refractivity contribution in [3.63, 3.8) is 0 Å². The molecule has 0 heterocycles. The van der Waals surface area contributed by atoms with Crippen molar-refractivity contribution in [3.05, 3.63) is 52.1 Å². The van der Waals surface area contributed by atoms with Crippen LogP contribution in [-0.2, 0) is 16.2 Å². The predicted molar refractivity (Wildman–Crippen MR) is 256 cm³/mol. The second-order valence-electron chi connectivity index (χ2n) is 24.0. The number of unbranched alkanes of at least 4 members (excludes halogenated alkanes) is 14. The highest BCUT2D eigenvalue weighted by Gasteiger charge is 2.59. The van der Waals surface area contributed by atoms with Crippen molar-refractivity contribution in [3.8, 4) is 0 Å². The molecule has 1 aromatic rings. The minimum Gasteiger partial charge on any atom is -0.257 e. The number of nitrogens with zero attached hydrogens (tertiary/aromatic N) is 2. The molecule has 2 nitrogen and oxygen atoms in total. The van der Waals surface area contributed by atoms with E-state index in [2.05, 4.69) is 132 Å². The molecule has 4 aliphatic carbocycles. The van der Waals surface area contributed by atoms with Gasteiger partial charge in [0.05, 0.1) is 26.7 Å². The van der Waals surface area contributed by atoms with E-state index in [-0.39, 0.29) is 21.8 Å². The van der Waals surface area contributed by atoms with Gasteiger partial charge >= 0.3 is 0 Å². The summed E-state index contributed by atoms with van der Waals surface area (Å²) in [7, 11) is 5.37. The van der Waals surface area contributed by atoms with Gasteiger partial charge in [0.15, 0.2) is 8.24 Å². The van der Waals surface area contributed by atoms with Gasteiger partial charge in [0.2, 0.25) is 0 Å². The van der Waals surface area contributed by atoms with Gasteiger partial charge in [0.25, 0.3) is 0 Å². The molecule has 5 rings (SSSR count). The first-order valence-electron chi connectivity index (χ1n) is 24.9. The van der Waals surface area contributed by atoms with Crippen molar-refractivity contribution in [2.75, 3.05) is 21.1 Å². The predicted octanol–water partition coefficient (Wildman–Crippen LogP) is 16.2. The van der Waals surface area contributed by atoms with Crippen molar-refractivity contribution in [1.82, 2.24) is 4.67 Å². The maximum atomic E-state index is 3.02. The van der Waals surface area contributed by atoms with Gasteiger partial charge in [-0.15, -0.1) is 0 Å². The summed E-state index contributed by atoms with van der Waals surface area (Å²) in [6, 6.07) is 5.65. The smallest absolute Gasteiger partial charge is 0.191 e. The molecule has 1 fully saturated rings. The Morgan fingerprint density at radius 2 is 1.12 bits per heavy atom. The summed E-state index contributed by atoms with van der Waals surface area (Å²) in [6.45, 7) is 30.5. The fraction of sp³-hybridized carbons (Fsp3) is 0.815. The first-order valence-corrected chi connectivity index (χ1v) is 27.9. The Morgan fingerprint density at radius 3 is 1.58 bits per heavy atom. The lowest BCUT2D eigenvalue weighted by molar-refractivity contribution is -0.978. The molecular formula is C54H95N2Si+. The van der Waals surface area contributed by atoms with Gasteiger partial charge in [-0.2, -0.15) is 4.67 Å². The number of hydrogen-bond acceptors (Lipinski definition) is 1. The molecule has 0 radical (unpaired) electrons. The van der Waals surface area contributed by atoms with Crippen LogP contribution in [-0.4, -0.2) is 44.2 Å². The van der Waals surface area contributed by atoms with Crippen LogP contribution in [0.15, 0.2) is 29.9 Å². The molecule has 4 aliphatic rings. The van der Waals surface area contributed by atoms with E-state index in [0.717, 1.165) is 16.1 Å². The maximum Gasteiger partial charge on any atom is 0.191 e. The van der Waals surface area contributed by atoms with Gasteiger partial charge < -0.3 is 0 Å².